The molecule has 0 aliphatic heterocycles. The second kappa shape index (κ2) is 5.77. The van der Waals surface area contributed by atoms with Crippen LogP contribution in [0.5, 0.6) is 5.75 Å². The van der Waals surface area contributed by atoms with Crippen LogP contribution in [0.1, 0.15) is 17.9 Å². The van der Waals surface area contributed by atoms with Crippen LogP contribution in [0, 0.1) is 5.92 Å². The summed E-state index contributed by atoms with van der Waals surface area (Å²) in [5, 5.41) is 9.89. The topological polar surface area (TPSA) is 72.8 Å². The fourth-order valence-electron chi connectivity index (χ4n) is 2.43. The lowest BCUT2D eigenvalue weighted by Gasteiger charge is -2.27. The number of carbonyl (C=O) groups excluding carboxylic acids is 2. The van der Waals surface area contributed by atoms with Gasteiger partial charge in [0.2, 0.25) is 0 Å². The maximum atomic E-state index is 11.8. The Kier molecular flexibility index (Phi) is 4.08. The highest BCUT2D eigenvalue weighted by Gasteiger charge is 2.38. The normalized spacial score (nSPS) is 22.1. The molecule has 2 atom stereocenters. The molecule has 0 fully saturated rings. The molecule has 0 radical (unpaired) electrons. The summed E-state index contributed by atoms with van der Waals surface area (Å²) >= 11 is 0. The number of aliphatic hydroxyl groups excluding tert-OH is 1. The zero-order chi connectivity index (χ0) is 14.7. The molecule has 0 saturated carbocycles. The van der Waals surface area contributed by atoms with Gasteiger partial charge in [0, 0.05) is 18.4 Å². The number of benzene rings is 1. The summed E-state index contributed by atoms with van der Waals surface area (Å²) in [6.07, 6.45) is 1.26. The summed E-state index contributed by atoms with van der Waals surface area (Å²) in [6, 6.07) is 7.07. The van der Waals surface area contributed by atoms with Crippen molar-refractivity contribution in [2.24, 2.45) is 5.92 Å². The van der Waals surface area contributed by atoms with E-state index in [0.29, 0.717) is 5.75 Å². The third kappa shape index (κ3) is 2.66. The van der Waals surface area contributed by atoms with Crippen molar-refractivity contribution in [2.45, 2.75) is 12.3 Å². The van der Waals surface area contributed by atoms with Gasteiger partial charge in [-0.2, -0.15) is 0 Å². The van der Waals surface area contributed by atoms with Gasteiger partial charge in [0.1, 0.15) is 17.4 Å². The second-order valence-corrected chi connectivity index (χ2v) is 4.62. The zero-order valence-electron chi connectivity index (χ0n) is 11.3. The molecule has 1 aliphatic rings. The molecule has 0 spiro atoms. The largest absolute Gasteiger partial charge is 0.511 e. The van der Waals surface area contributed by atoms with Crippen LogP contribution in [0.15, 0.2) is 36.1 Å². The van der Waals surface area contributed by atoms with E-state index in [0.717, 1.165) is 11.6 Å². The van der Waals surface area contributed by atoms with Crippen LogP contribution in [0.2, 0.25) is 0 Å². The van der Waals surface area contributed by atoms with E-state index in [4.69, 9.17) is 9.47 Å². The van der Waals surface area contributed by atoms with Crippen molar-refractivity contribution in [1.29, 1.82) is 0 Å². The van der Waals surface area contributed by atoms with Crippen molar-refractivity contribution >= 4 is 11.8 Å². The molecule has 106 valence electrons. The Morgan fingerprint density at radius 2 is 1.90 bits per heavy atom. The average Bonchev–Trinajstić information content (AvgIpc) is 2.46. The molecule has 5 nitrogen and oxygen atoms in total. The lowest BCUT2D eigenvalue weighted by Crippen LogP contribution is -2.30. The summed E-state index contributed by atoms with van der Waals surface area (Å²) in [5.74, 6) is -1.58. The SMILES string of the molecule is COC(=O)[C@@H]1C(O)=CC(=O)C[C@@H]1c1ccc(OC)cc1. The number of hydrogen-bond donors (Lipinski definition) is 1. The van der Waals surface area contributed by atoms with E-state index in [1.165, 1.54) is 7.11 Å². The van der Waals surface area contributed by atoms with Gasteiger partial charge >= 0.3 is 5.97 Å². The highest BCUT2D eigenvalue weighted by molar-refractivity contribution is 5.94. The van der Waals surface area contributed by atoms with E-state index >= 15 is 0 Å². The monoisotopic (exact) mass is 276 g/mol. The molecule has 0 bridgehead atoms. The van der Waals surface area contributed by atoms with E-state index in [9.17, 15) is 14.7 Å². The van der Waals surface area contributed by atoms with Gasteiger partial charge < -0.3 is 14.6 Å². The van der Waals surface area contributed by atoms with Crippen LogP contribution in [0.4, 0.5) is 0 Å². The van der Waals surface area contributed by atoms with Gasteiger partial charge in [0.05, 0.1) is 14.2 Å². The highest BCUT2D eigenvalue weighted by atomic mass is 16.5. The molecule has 0 saturated heterocycles. The Bertz CT molecular complexity index is 544. The second-order valence-electron chi connectivity index (χ2n) is 4.62. The molecule has 20 heavy (non-hydrogen) atoms. The average molecular weight is 276 g/mol. The number of hydrogen-bond acceptors (Lipinski definition) is 5. The van der Waals surface area contributed by atoms with Gasteiger partial charge in [-0.1, -0.05) is 12.1 Å². The van der Waals surface area contributed by atoms with Gasteiger partial charge in [-0.15, -0.1) is 0 Å². The summed E-state index contributed by atoms with van der Waals surface area (Å²) in [5.41, 5.74) is 0.786. The van der Waals surface area contributed by atoms with Crippen molar-refractivity contribution in [3.8, 4) is 5.75 Å². The van der Waals surface area contributed by atoms with E-state index in [-0.39, 0.29) is 18.0 Å². The molecule has 5 heteroatoms. The summed E-state index contributed by atoms with van der Waals surface area (Å²) in [6.45, 7) is 0. The van der Waals surface area contributed by atoms with Crippen LogP contribution < -0.4 is 4.74 Å². The smallest absolute Gasteiger partial charge is 0.316 e. The van der Waals surface area contributed by atoms with Crippen molar-refractivity contribution in [3.05, 3.63) is 41.7 Å². The van der Waals surface area contributed by atoms with E-state index in [2.05, 4.69) is 0 Å². The molecule has 1 N–H and O–H groups in total. The molecule has 0 amide bonds. The number of aliphatic hydroxyl groups is 1. The fraction of sp³-hybridized carbons (Fsp3) is 0.333. The summed E-state index contributed by atoms with van der Waals surface area (Å²) in [7, 11) is 2.82. The molecule has 1 aromatic rings. The third-order valence-electron chi connectivity index (χ3n) is 3.45. The van der Waals surface area contributed by atoms with Crippen LogP contribution in [-0.2, 0) is 14.3 Å². The predicted molar refractivity (Wildman–Crippen MR) is 71.6 cm³/mol. The highest BCUT2D eigenvalue weighted by Crippen LogP contribution is 2.37. The molecule has 2 rings (SSSR count). The van der Waals surface area contributed by atoms with Crippen molar-refractivity contribution in [2.75, 3.05) is 14.2 Å². The molecule has 0 heterocycles. The Morgan fingerprint density at radius 3 is 2.45 bits per heavy atom. The molecule has 1 aliphatic carbocycles. The lowest BCUT2D eigenvalue weighted by atomic mass is 9.77. The zero-order valence-corrected chi connectivity index (χ0v) is 11.3. The quantitative estimate of drug-likeness (QED) is 0.855. The maximum Gasteiger partial charge on any atom is 0.316 e. The van der Waals surface area contributed by atoms with Gasteiger partial charge in [-0.05, 0) is 17.7 Å². The molecule has 1 aromatic carbocycles. The molecular weight excluding hydrogens is 260 g/mol. The van der Waals surface area contributed by atoms with Crippen molar-refractivity contribution < 1.29 is 24.2 Å². The van der Waals surface area contributed by atoms with E-state index in [1.807, 2.05) is 0 Å². The first-order chi connectivity index (χ1) is 9.56. The third-order valence-corrected chi connectivity index (χ3v) is 3.45. The first-order valence-corrected chi connectivity index (χ1v) is 6.22. The molecular formula is C15H16O5. The van der Waals surface area contributed by atoms with Crippen LogP contribution >= 0.6 is 0 Å². The first-order valence-electron chi connectivity index (χ1n) is 6.22. The summed E-state index contributed by atoms with van der Waals surface area (Å²) < 4.78 is 9.79. The van der Waals surface area contributed by atoms with Crippen molar-refractivity contribution in [1.82, 2.24) is 0 Å². The Balaban J connectivity index is 2.37. The number of esters is 1. The molecule has 0 aromatic heterocycles. The summed E-state index contributed by atoms with van der Waals surface area (Å²) in [4.78, 5) is 23.5. The number of allylic oxidation sites excluding steroid dienone is 1. The van der Waals surface area contributed by atoms with Gasteiger partial charge in [-0.3, -0.25) is 9.59 Å². The van der Waals surface area contributed by atoms with Crippen molar-refractivity contribution in [3.63, 3.8) is 0 Å². The number of carbonyl (C=O) groups is 2. The Morgan fingerprint density at radius 1 is 1.25 bits per heavy atom. The maximum absolute atomic E-state index is 11.8. The molecule has 0 unspecified atom stereocenters. The Hall–Kier alpha value is -2.30. The Labute approximate surface area is 116 Å². The van der Waals surface area contributed by atoms with Gasteiger partial charge in [0.25, 0.3) is 0 Å². The van der Waals surface area contributed by atoms with Crippen LogP contribution in [0.3, 0.4) is 0 Å². The first kappa shape index (κ1) is 14.1. The van der Waals surface area contributed by atoms with Crippen LogP contribution in [-0.4, -0.2) is 31.1 Å². The minimum Gasteiger partial charge on any atom is -0.511 e. The van der Waals surface area contributed by atoms with Gasteiger partial charge in [-0.25, -0.2) is 0 Å². The predicted octanol–water partition coefficient (Wildman–Crippen LogP) is 1.98. The number of ether oxygens (including phenoxy) is 2. The standard InChI is InChI=1S/C15H16O5/c1-19-11-5-3-9(4-6-11)12-7-10(16)8-13(17)14(12)15(18)20-2/h3-6,8,12,14,17H,7H2,1-2H3/t12-,14+/m1/s1. The lowest BCUT2D eigenvalue weighted by molar-refractivity contribution is -0.146. The minimum absolute atomic E-state index is 0.163. The van der Waals surface area contributed by atoms with E-state index in [1.54, 1.807) is 31.4 Å². The number of methoxy groups -OCH3 is 2. The minimum atomic E-state index is -0.842. The van der Waals surface area contributed by atoms with E-state index < -0.39 is 17.8 Å². The number of rotatable bonds is 3. The van der Waals surface area contributed by atoms with Gasteiger partial charge in [0.15, 0.2) is 5.78 Å². The fourth-order valence-corrected chi connectivity index (χ4v) is 2.43. The van der Waals surface area contributed by atoms with Crippen LogP contribution in [0.25, 0.3) is 0 Å². The number of ketones is 1.